The van der Waals surface area contributed by atoms with Crippen molar-refractivity contribution in [2.75, 3.05) is 19.9 Å². The first kappa shape index (κ1) is 19.4. The largest absolute Gasteiger partial charge is 0.454 e. The molecule has 4 rings (SSSR count). The Bertz CT molecular complexity index is 1020. The molecule has 0 spiro atoms. The van der Waals surface area contributed by atoms with Crippen molar-refractivity contribution in [1.29, 1.82) is 0 Å². The summed E-state index contributed by atoms with van der Waals surface area (Å²) in [4.78, 5) is 38.6. The Hall–Kier alpha value is -2.97. The van der Waals surface area contributed by atoms with Gasteiger partial charge in [-0.2, -0.15) is 0 Å². The molecule has 0 bridgehead atoms. The van der Waals surface area contributed by atoms with Gasteiger partial charge in [-0.3, -0.25) is 19.3 Å². The van der Waals surface area contributed by atoms with Crippen LogP contribution in [-0.2, 0) is 4.79 Å². The molecule has 148 valence electrons. The predicted octanol–water partition coefficient (Wildman–Crippen LogP) is 3.54. The van der Waals surface area contributed by atoms with E-state index >= 15 is 0 Å². The van der Waals surface area contributed by atoms with Crippen LogP contribution < -0.4 is 14.8 Å². The maximum atomic E-state index is 12.5. The number of amides is 3. The average Bonchev–Trinajstić information content (AvgIpc) is 3.29. The van der Waals surface area contributed by atoms with Crippen LogP contribution in [0, 0.1) is 0 Å². The number of benzene rings is 2. The van der Waals surface area contributed by atoms with E-state index in [-0.39, 0.29) is 36.9 Å². The van der Waals surface area contributed by atoms with E-state index in [0.29, 0.717) is 27.0 Å². The lowest BCUT2D eigenvalue weighted by molar-refractivity contribution is -0.122. The van der Waals surface area contributed by atoms with Crippen LogP contribution in [0.2, 0.25) is 5.02 Å². The Labute approximate surface area is 175 Å². The molecule has 1 fully saturated rings. The third-order valence-electron chi connectivity index (χ3n) is 4.30. The van der Waals surface area contributed by atoms with Crippen LogP contribution in [0.5, 0.6) is 11.5 Å². The topological polar surface area (TPSA) is 84.9 Å². The molecule has 0 unspecified atom stereocenters. The maximum Gasteiger partial charge on any atom is 0.293 e. The van der Waals surface area contributed by atoms with Crippen molar-refractivity contribution in [3.05, 3.63) is 63.5 Å². The lowest BCUT2D eigenvalue weighted by atomic mass is 10.1. The van der Waals surface area contributed by atoms with Crippen LogP contribution in [-0.4, -0.2) is 41.8 Å². The summed E-state index contributed by atoms with van der Waals surface area (Å²) in [5.41, 5.74) is 1.12. The molecule has 0 aromatic heterocycles. The van der Waals surface area contributed by atoms with Gasteiger partial charge in [-0.15, -0.1) is 0 Å². The van der Waals surface area contributed by atoms with E-state index < -0.39 is 0 Å². The molecule has 9 heteroatoms. The van der Waals surface area contributed by atoms with Gasteiger partial charge in [-0.25, -0.2) is 0 Å². The Kier molecular flexibility index (Phi) is 5.46. The molecule has 29 heavy (non-hydrogen) atoms. The average molecular weight is 431 g/mol. The summed E-state index contributed by atoms with van der Waals surface area (Å²) in [6.45, 7) is 0.257. The van der Waals surface area contributed by atoms with E-state index in [4.69, 9.17) is 21.1 Å². The number of carbonyl (C=O) groups excluding carboxylic acids is 3. The summed E-state index contributed by atoms with van der Waals surface area (Å²) in [5.74, 6) is 0.149. The van der Waals surface area contributed by atoms with E-state index in [1.54, 1.807) is 48.5 Å². The standard InChI is InChI=1S/C20H15ClN2O5S/c21-13-6-4-12(5-7-13)10-16-19(25)23(20(26)29-16)9-8-22-18(24)14-2-1-3-15-17(14)28-11-27-15/h1-7,10H,8-9,11H2,(H,22,24)/b16-10-. The van der Waals surface area contributed by atoms with Crippen molar-refractivity contribution in [1.82, 2.24) is 10.2 Å². The van der Waals surface area contributed by atoms with Crippen LogP contribution >= 0.6 is 23.4 Å². The first-order valence-electron chi connectivity index (χ1n) is 8.70. The third-order valence-corrected chi connectivity index (χ3v) is 5.46. The first-order valence-corrected chi connectivity index (χ1v) is 9.90. The number of para-hydroxylation sites is 1. The van der Waals surface area contributed by atoms with Crippen molar-refractivity contribution in [2.45, 2.75) is 0 Å². The molecule has 2 aliphatic heterocycles. The minimum absolute atomic E-state index is 0.0658. The summed E-state index contributed by atoms with van der Waals surface area (Å²) in [5, 5.41) is 2.92. The molecule has 1 N–H and O–H groups in total. The molecule has 3 amide bonds. The van der Waals surface area contributed by atoms with Crippen LogP contribution in [0.3, 0.4) is 0 Å². The Morgan fingerprint density at radius 1 is 1.17 bits per heavy atom. The fourth-order valence-corrected chi connectivity index (χ4v) is 3.88. The van der Waals surface area contributed by atoms with Crippen molar-refractivity contribution in [3.63, 3.8) is 0 Å². The number of fused-ring (bicyclic) bond motifs is 1. The zero-order chi connectivity index (χ0) is 20.4. The van der Waals surface area contributed by atoms with E-state index in [1.807, 2.05) is 0 Å². The fraction of sp³-hybridized carbons (Fsp3) is 0.150. The Balaban J connectivity index is 1.37. The Morgan fingerprint density at radius 2 is 1.97 bits per heavy atom. The van der Waals surface area contributed by atoms with Gasteiger partial charge in [-0.05, 0) is 47.7 Å². The zero-order valence-corrected chi connectivity index (χ0v) is 16.6. The molecule has 2 heterocycles. The number of rotatable bonds is 5. The molecule has 2 aromatic carbocycles. The second-order valence-electron chi connectivity index (χ2n) is 6.18. The zero-order valence-electron chi connectivity index (χ0n) is 15.0. The van der Waals surface area contributed by atoms with Crippen molar-refractivity contribution in [3.8, 4) is 11.5 Å². The van der Waals surface area contributed by atoms with E-state index in [2.05, 4.69) is 5.32 Å². The van der Waals surface area contributed by atoms with Gasteiger partial charge in [0.05, 0.1) is 10.5 Å². The Morgan fingerprint density at radius 3 is 2.76 bits per heavy atom. The number of imide groups is 1. The summed E-state index contributed by atoms with van der Waals surface area (Å²) < 4.78 is 10.6. The molecule has 0 aliphatic carbocycles. The summed E-state index contributed by atoms with van der Waals surface area (Å²) >= 11 is 6.73. The molecule has 1 saturated heterocycles. The number of carbonyl (C=O) groups is 3. The summed E-state index contributed by atoms with van der Waals surface area (Å²) in [6.07, 6.45) is 1.64. The monoisotopic (exact) mass is 430 g/mol. The van der Waals surface area contributed by atoms with Crippen LogP contribution in [0.15, 0.2) is 47.4 Å². The van der Waals surface area contributed by atoms with Gasteiger partial charge in [0.25, 0.3) is 17.1 Å². The minimum Gasteiger partial charge on any atom is -0.454 e. The number of hydrogen-bond acceptors (Lipinski definition) is 6. The van der Waals surface area contributed by atoms with Gasteiger partial charge in [0.1, 0.15) is 0 Å². The molecular formula is C20H15ClN2O5S. The van der Waals surface area contributed by atoms with Gasteiger partial charge in [0.15, 0.2) is 11.5 Å². The fourth-order valence-electron chi connectivity index (χ4n) is 2.89. The number of thioether (sulfide) groups is 1. The van der Waals surface area contributed by atoms with Crippen LogP contribution in [0.4, 0.5) is 4.79 Å². The van der Waals surface area contributed by atoms with Gasteiger partial charge in [-0.1, -0.05) is 29.8 Å². The first-order chi connectivity index (χ1) is 14.0. The maximum absolute atomic E-state index is 12.5. The number of nitrogens with zero attached hydrogens (tertiary/aromatic N) is 1. The SMILES string of the molecule is O=C(NCCN1C(=O)S/C(=C\c2ccc(Cl)cc2)C1=O)c1cccc2c1OCO2. The van der Waals surface area contributed by atoms with Gasteiger partial charge in [0.2, 0.25) is 6.79 Å². The van der Waals surface area contributed by atoms with Crippen molar-refractivity contribution < 1.29 is 23.9 Å². The van der Waals surface area contributed by atoms with Gasteiger partial charge < -0.3 is 14.8 Å². The second kappa shape index (κ2) is 8.18. The van der Waals surface area contributed by atoms with Crippen LogP contribution in [0.25, 0.3) is 6.08 Å². The normalized spacial score (nSPS) is 16.6. The molecule has 7 nitrogen and oxygen atoms in total. The van der Waals surface area contributed by atoms with Crippen LogP contribution in [0.1, 0.15) is 15.9 Å². The second-order valence-corrected chi connectivity index (χ2v) is 7.61. The predicted molar refractivity (Wildman–Crippen MR) is 109 cm³/mol. The van der Waals surface area contributed by atoms with E-state index in [9.17, 15) is 14.4 Å². The minimum atomic E-state index is -0.387. The number of ether oxygens (including phenoxy) is 2. The number of nitrogens with one attached hydrogen (secondary N) is 1. The van der Waals surface area contributed by atoms with E-state index in [1.165, 1.54) is 0 Å². The third kappa shape index (κ3) is 4.08. The van der Waals surface area contributed by atoms with Crippen molar-refractivity contribution >= 4 is 46.5 Å². The van der Waals surface area contributed by atoms with Gasteiger partial charge in [0, 0.05) is 18.1 Å². The summed E-state index contributed by atoms with van der Waals surface area (Å²) in [6, 6.07) is 12.0. The lowest BCUT2D eigenvalue weighted by Crippen LogP contribution is -2.37. The highest BCUT2D eigenvalue weighted by molar-refractivity contribution is 8.18. The van der Waals surface area contributed by atoms with Crippen molar-refractivity contribution in [2.24, 2.45) is 0 Å². The van der Waals surface area contributed by atoms with Gasteiger partial charge >= 0.3 is 0 Å². The van der Waals surface area contributed by atoms with E-state index in [0.717, 1.165) is 22.2 Å². The molecule has 2 aliphatic rings. The highest BCUT2D eigenvalue weighted by Crippen LogP contribution is 2.35. The molecule has 0 radical (unpaired) electrons. The summed E-state index contributed by atoms with van der Waals surface area (Å²) in [7, 11) is 0. The highest BCUT2D eigenvalue weighted by Gasteiger charge is 2.34. The molecular weight excluding hydrogens is 416 g/mol. The quantitative estimate of drug-likeness (QED) is 0.730. The number of halogens is 1. The highest BCUT2D eigenvalue weighted by atomic mass is 35.5. The molecule has 2 aromatic rings. The smallest absolute Gasteiger partial charge is 0.293 e. The lowest BCUT2D eigenvalue weighted by Gasteiger charge is -2.13. The molecule has 0 saturated carbocycles. The number of hydrogen-bond donors (Lipinski definition) is 1. The molecule has 0 atom stereocenters.